The van der Waals surface area contributed by atoms with Crippen LogP contribution in [0.4, 0.5) is 0 Å². The maximum atomic E-state index is 10.8. The van der Waals surface area contributed by atoms with Gasteiger partial charge in [0.1, 0.15) is 7.85 Å². The maximum Gasteiger partial charge on any atom is 0.228 e. The molecule has 1 aliphatic heterocycles. The van der Waals surface area contributed by atoms with Gasteiger partial charge in [-0.1, -0.05) is 0 Å². The summed E-state index contributed by atoms with van der Waals surface area (Å²) in [5, 5.41) is 0. The summed E-state index contributed by atoms with van der Waals surface area (Å²) in [5.74, 6) is -0.213. The quantitative estimate of drug-likeness (QED) is 0.301. The first-order valence-electron chi connectivity index (χ1n) is 2.93. The highest BCUT2D eigenvalue weighted by molar-refractivity contribution is 6.29. The van der Waals surface area contributed by atoms with Gasteiger partial charge in [0.15, 0.2) is 0 Å². The van der Waals surface area contributed by atoms with E-state index < -0.39 is 0 Å². The molecule has 0 N–H and O–H groups in total. The fourth-order valence-electron chi connectivity index (χ4n) is 0.940. The minimum atomic E-state index is -0.0949. The molecular weight excluding hydrogens is 117 g/mol. The normalized spacial score (nSPS) is 27.7. The molecule has 3 nitrogen and oxygen atoms in total. The smallest absolute Gasteiger partial charge is 0.228 e. The van der Waals surface area contributed by atoms with Crippen molar-refractivity contribution in [2.24, 2.45) is 0 Å². The third kappa shape index (κ3) is 0.844. The molecule has 48 valence electrons. The second-order valence-corrected chi connectivity index (χ2v) is 2.40. The van der Waals surface area contributed by atoms with Gasteiger partial charge >= 0.3 is 0 Å². The van der Waals surface area contributed by atoms with Gasteiger partial charge in [-0.3, -0.25) is 14.5 Å². The predicted octanol–water partition coefficient (Wildman–Crippen LogP) is -1.20. The van der Waals surface area contributed by atoms with Gasteiger partial charge in [0, 0.05) is 19.3 Å². The Labute approximate surface area is 54.4 Å². The molecule has 0 saturated carbocycles. The topological polar surface area (TPSA) is 37.4 Å². The van der Waals surface area contributed by atoms with Crippen molar-refractivity contribution in [3.05, 3.63) is 0 Å². The summed E-state index contributed by atoms with van der Waals surface area (Å²) >= 11 is 0. The number of hydrogen-bond donors (Lipinski definition) is 0. The van der Waals surface area contributed by atoms with Crippen LogP contribution in [0.1, 0.15) is 6.42 Å². The molecule has 1 rings (SSSR count). The summed E-state index contributed by atoms with van der Waals surface area (Å²) in [6.45, 7) is 0. The highest BCUT2D eigenvalue weighted by atomic mass is 16.2. The summed E-state index contributed by atoms with van der Waals surface area (Å²) in [6.07, 6.45) is 0.384. The third-order valence-corrected chi connectivity index (χ3v) is 1.61. The number of carbonyl (C=O) groups is 2. The second-order valence-electron chi connectivity index (χ2n) is 2.40. The van der Waals surface area contributed by atoms with Gasteiger partial charge < -0.3 is 0 Å². The molecule has 9 heavy (non-hydrogen) atoms. The zero-order valence-corrected chi connectivity index (χ0v) is 5.55. The molecule has 1 fully saturated rings. The molecular formula is C5H8BNO2. The predicted molar refractivity (Wildman–Crippen MR) is 34.7 cm³/mol. The van der Waals surface area contributed by atoms with Crippen LogP contribution in [0.25, 0.3) is 0 Å². The molecule has 0 bridgehead atoms. The van der Waals surface area contributed by atoms with E-state index in [1.54, 1.807) is 7.85 Å². The second kappa shape index (κ2) is 1.86. The molecule has 4 heteroatoms. The average Bonchev–Trinajstić information content (AvgIpc) is 1.98. The summed E-state index contributed by atoms with van der Waals surface area (Å²) in [4.78, 5) is 22.7. The van der Waals surface area contributed by atoms with Crippen molar-refractivity contribution >= 4 is 19.7 Å². The molecule has 1 saturated heterocycles. The Bertz CT molecular complexity index is 168. The molecule has 1 aliphatic rings. The van der Waals surface area contributed by atoms with E-state index in [0.717, 1.165) is 0 Å². The molecule has 2 amide bonds. The third-order valence-electron chi connectivity index (χ3n) is 1.61. The number of amides is 2. The Kier molecular flexibility index (Phi) is 1.31. The minimum absolute atomic E-state index is 0.0556. The largest absolute Gasteiger partial charge is 0.286 e. The lowest BCUT2D eigenvalue weighted by atomic mass is 9.86. The van der Waals surface area contributed by atoms with E-state index in [4.69, 9.17) is 0 Å². The highest BCUT2D eigenvalue weighted by Gasteiger charge is 2.31. The Morgan fingerprint density at radius 3 is 2.33 bits per heavy atom. The fourth-order valence-corrected chi connectivity index (χ4v) is 0.940. The van der Waals surface area contributed by atoms with Crippen LogP contribution in [0.2, 0.25) is 5.82 Å². The van der Waals surface area contributed by atoms with Crippen molar-refractivity contribution in [2.75, 3.05) is 7.05 Å². The van der Waals surface area contributed by atoms with Gasteiger partial charge in [-0.05, 0) is 0 Å². The number of nitrogens with zero attached hydrogens (tertiary/aromatic N) is 1. The molecule has 0 aromatic rings. The van der Waals surface area contributed by atoms with Crippen molar-refractivity contribution in [1.82, 2.24) is 4.90 Å². The van der Waals surface area contributed by atoms with E-state index in [0.29, 0.717) is 6.42 Å². The molecule has 1 heterocycles. The van der Waals surface area contributed by atoms with E-state index in [1.165, 1.54) is 11.9 Å². The van der Waals surface area contributed by atoms with Gasteiger partial charge in [0.2, 0.25) is 11.8 Å². The van der Waals surface area contributed by atoms with E-state index in [-0.39, 0.29) is 17.6 Å². The molecule has 1 atom stereocenters. The highest BCUT2D eigenvalue weighted by Crippen LogP contribution is 2.18. The van der Waals surface area contributed by atoms with Crippen LogP contribution >= 0.6 is 0 Å². The molecule has 0 spiro atoms. The van der Waals surface area contributed by atoms with Gasteiger partial charge in [0.25, 0.3) is 0 Å². The van der Waals surface area contributed by atoms with E-state index >= 15 is 0 Å². The Hall–Kier alpha value is -0.795. The molecule has 0 aromatic heterocycles. The Morgan fingerprint density at radius 1 is 1.67 bits per heavy atom. The number of rotatable bonds is 0. The molecule has 1 unspecified atom stereocenters. The standard InChI is InChI=1S/C5H8BNO2/c1-7-4(8)2-3(6)5(7)9/h3H,2,6H2,1H3. The van der Waals surface area contributed by atoms with Gasteiger partial charge in [0.05, 0.1) is 0 Å². The van der Waals surface area contributed by atoms with Crippen molar-refractivity contribution in [3.8, 4) is 0 Å². The van der Waals surface area contributed by atoms with Crippen LogP contribution in [-0.2, 0) is 9.59 Å². The van der Waals surface area contributed by atoms with Gasteiger partial charge in [-0.2, -0.15) is 0 Å². The monoisotopic (exact) mass is 125 g/mol. The van der Waals surface area contributed by atoms with Crippen LogP contribution in [-0.4, -0.2) is 31.6 Å². The van der Waals surface area contributed by atoms with Crippen molar-refractivity contribution < 1.29 is 9.59 Å². The van der Waals surface area contributed by atoms with Crippen LogP contribution in [0, 0.1) is 0 Å². The molecule has 0 radical (unpaired) electrons. The van der Waals surface area contributed by atoms with Crippen LogP contribution in [0.3, 0.4) is 0 Å². The Morgan fingerprint density at radius 2 is 2.22 bits per heavy atom. The summed E-state index contributed by atoms with van der Waals surface area (Å²) in [7, 11) is 3.29. The zero-order chi connectivity index (χ0) is 7.02. The van der Waals surface area contributed by atoms with E-state index in [9.17, 15) is 9.59 Å². The van der Waals surface area contributed by atoms with Crippen molar-refractivity contribution in [2.45, 2.75) is 12.2 Å². The van der Waals surface area contributed by atoms with Crippen LogP contribution in [0.5, 0.6) is 0 Å². The maximum absolute atomic E-state index is 10.8. The lowest BCUT2D eigenvalue weighted by molar-refractivity contribution is -0.136. The summed E-state index contributed by atoms with van der Waals surface area (Å²) < 4.78 is 0. The van der Waals surface area contributed by atoms with Crippen molar-refractivity contribution in [1.29, 1.82) is 0 Å². The fraction of sp³-hybridized carbons (Fsp3) is 0.600. The van der Waals surface area contributed by atoms with Crippen LogP contribution < -0.4 is 0 Å². The lowest BCUT2D eigenvalue weighted by Crippen LogP contribution is -2.24. The first-order chi connectivity index (χ1) is 4.13. The number of imide groups is 1. The van der Waals surface area contributed by atoms with Crippen molar-refractivity contribution in [3.63, 3.8) is 0 Å². The summed E-state index contributed by atoms with van der Waals surface area (Å²) in [6, 6.07) is 0. The number of carbonyl (C=O) groups excluding carboxylic acids is 2. The van der Waals surface area contributed by atoms with Gasteiger partial charge in [-0.15, -0.1) is 0 Å². The zero-order valence-electron chi connectivity index (χ0n) is 5.55. The van der Waals surface area contributed by atoms with E-state index in [1.807, 2.05) is 0 Å². The minimum Gasteiger partial charge on any atom is -0.286 e. The van der Waals surface area contributed by atoms with Crippen LogP contribution in [0.15, 0.2) is 0 Å². The lowest BCUT2D eigenvalue weighted by Gasteiger charge is -2.03. The first kappa shape index (κ1) is 6.33. The first-order valence-corrected chi connectivity index (χ1v) is 2.93. The summed E-state index contributed by atoms with van der Waals surface area (Å²) in [5.41, 5.74) is 0. The number of likely N-dealkylation sites (tertiary alicyclic amines) is 1. The molecule has 0 aromatic carbocycles. The van der Waals surface area contributed by atoms with E-state index in [2.05, 4.69) is 0 Å². The molecule has 0 aliphatic carbocycles. The average molecular weight is 125 g/mol. The SMILES string of the molecule is BC1CC(=O)N(C)C1=O. The van der Waals surface area contributed by atoms with Gasteiger partial charge in [-0.25, -0.2) is 0 Å². The number of hydrogen-bond acceptors (Lipinski definition) is 2. The Balaban J connectivity index is 2.77.